The average molecular weight is 278 g/mol. The first-order chi connectivity index (χ1) is 9.50. The van der Waals surface area contributed by atoms with Crippen molar-refractivity contribution in [2.75, 3.05) is 11.4 Å². The van der Waals surface area contributed by atoms with Crippen LogP contribution in [0.1, 0.15) is 58.1 Å². The molecule has 0 saturated heterocycles. The molecule has 0 spiro atoms. The predicted molar refractivity (Wildman–Crippen MR) is 83.4 cm³/mol. The lowest BCUT2D eigenvalue weighted by atomic mass is 10.0. The first-order valence-corrected chi connectivity index (χ1v) is 7.81. The summed E-state index contributed by atoms with van der Waals surface area (Å²) < 4.78 is 14.2. The molecule has 1 aromatic carbocycles. The predicted octanol–water partition coefficient (Wildman–Crippen LogP) is 4.25. The van der Waals surface area contributed by atoms with Gasteiger partial charge in [-0.1, -0.05) is 32.8 Å². The van der Waals surface area contributed by atoms with Gasteiger partial charge in [0.15, 0.2) is 0 Å². The van der Waals surface area contributed by atoms with Crippen LogP contribution in [-0.4, -0.2) is 12.6 Å². The highest BCUT2D eigenvalue weighted by atomic mass is 19.1. The highest BCUT2D eigenvalue weighted by Crippen LogP contribution is 2.34. The Labute approximate surface area is 122 Å². The van der Waals surface area contributed by atoms with Crippen molar-refractivity contribution in [3.05, 3.63) is 29.6 Å². The fraction of sp³-hybridized carbons (Fsp3) is 0.647. The maximum atomic E-state index is 14.2. The van der Waals surface area contributed by atoms with E-state index in [1.54, 1.807) is 6.07 Å². The monoisotopic (exact) mass is 278 g/mol. The molecule has 0 heterocycles. The molecule has 0 aromatic heterocycles. The molecule has 0 bridgehead atoms. The quantitative estimate of drug-likeness (QED) is 0.872. The normalized spacial score (nSPS) is 17.7. The Morgan fingerprint density at radius 1 is 1.25 bits per heavy atom. The number of nitrogens with zero attached hydrogens (tertiary/aromatic N) is 1. The van der Waals surface area contributed by atoms with Crippen molar-refractivity contribution in [2.45, 2.75) is 58.5 Å². The molecule has 2 N–H and O–H groups in total. The van der Waals surface area contributed by atoms with Crippen LogP contribution < -0.4 is 10.6 Å². The number of nitrogens with two attached hydrogens (primary N) is 1. The minimum Gasteiger partial charge on any atom is -0.368 e. The van der Waals surface area contributed by atoms with Crippen molar-refractivity contribution >= 4 is 5.69 Å². The second kappa shape index (κ2) is 6.57. The minimum absolute atomic E-state index is 0.177. The topological polar surface area (TPSA) is 29.3 Å². The van der Waals surface area contributed by atoms with Crippen molar-refractivity contribution in [1.29, 1.82) is 0 Å². The fourth-order valence-electron chi connectivity index (χ4n) is 3.28. The van der Waals surface area contributed by atoms with Gasteiger partial charge < -0.3 is 10.6 Å². The molecule has 3 heteroatoms. The minimum atomic E-state index is -0.276. The van der Waals surface area contributed by atoms with Gasteiger partial charge in [-0.25, -0.2) is 4.39 Å². The smallest absolute Gasteiger partial charge is 0.130 e. The number of rotatable bonds is 5. The molecule has 2 nitrogen and oxygen atoms in total. The number of halogens is 1. The van der Waals surface area contributed by atoms with Gasteiger partial charge >= 0.3 is 0 Å². The van der Waals surface area contributed by atoms with E-state index in [1.807, 2.05) is 13.0 Å². The molecule has 0 unspecified atom stereocenters. The molecule has 1 aliphatic rings. The van der Waals surface area contributed by atoms with E-state index in [-0.39, 0.29) is 11.9 Å². The van der Waals surface area contributed by atoms with E-state index in [4.69, 9.17) is 5.73 Å². The molecule has 112 valence electrons. The molecule has 1 fully saturated rings. The lowest BCUT2D eigenvalue weighted by Crippen LogP contribution is -2.37. The molecule has 1 saturated carbocycles. The first-order valence-electron chi connectivity index (χ1n) is 7.81. The Hall–Kier alpha value is -1.09. The van der Waals surface area contributed by atoms with E-state index in [0.717, 1.165) is 12.2 Å². The SMILES string of the molecule is CC(C)CN(c1cccc(F)c1[C@@H](C)N)C1CCCC1. The Balaban J connectivity index is 2.39. The fourth-order valence-corrected chi connectivity index (χ4v) is 3.28. The number of hydrogen-bond donors (Lipinski definition) is 1. The summed E-state index contributed by atoms with van der Waals surface area (Å²) >= 11 is 0. The van der Waals surface area contributed by atoms with Crippen LogP contribution in [0.4, 0.5) is 10.1 Å². The summed E-state index contributed by atoms with van der Waals surface area (Å²) in [6.45, 7) is 7.26. The van der Waals surface area contributed by atoms with Gasteiger partial charge in [-0.15, -0.1) is 0 Å². The van der Waals surface area contributed by atoms with Gasteiger partial charge in [0.2, 0.25) is 0 Å². The Kier molecular flexibility index (Phi) is 5.03. The molecule has 0 amide bonds. The summed E-state index contributed by atoms with van der Waals surface area (Å²) in [6, 6.07) is 5.62. The molecule has 0 aliphatic heterocycles. The van der Waals surface area contributed by atoms with E-state index >= 15 is 0 Å². The molecule has 1 aliphatic carbocycles. The maximum Gasteiger partial charge on any atom is 0.130 e. The van der Waals surface area contributed by atoms with Gasteiger partial charge in [-0.3, -0.25) is 0 Å². The zero-order valence-electron chi connectivity index (χ0n) is 12.9. The second-order valence-corrected chi connectivity index (χ2v) is 6.45. The first kappa shape index (κ1) is 15.3. The van der Waals surface area contributed by atoms with E-state index in [1.165, 1.54) is 31.7 Å². The van der Waals surface area contributed by atoms with Crippen LogP contribution in [0, 0.1) is 11.7 Å². The van der Waals surface area contributed by atoms with Crippen LogP contribution in [0.5, 0.6) is 0 Å². The zero-order valence-corrected chi connectivity index (χ0v) is 12.9. The summed E-state index contributed by atoms with van der Waals surface area (Å²) in [4.78, 5) is 2.40. The van der Waals surface area contributed by atoms with Crippen molar-refractivity contribution < 1.29 is 4.39 Å². The number of benzene rings is 1. The third-order valence-electron chi connectivity index (χ3n) is 4.12. The summed E-state index contributed by atoms with van der Waals surface area (Å²) in [7, 11) is 0. The standard InChI is InChI=1S/C17H27FN2/c1-12(2)11-20(14-7-4-5-8-14)16-10-6-9-15(18)17(16)13(3)19/h6,9-10,12-14H,4-5,7-8,11,19H2,1-3H3/t13-/m1/s1. The molecule has 2 rings (SSSR count). The molecule has 1 aromatic rings. The van der Waals surface area contributed by atoms with Gasteiger partial charge in [0.25, 0.3) is 0 Å². The van der Waals surface area contributed by atoms with E-state index < -0.39 is 0 Å². The largest absolute Gasteiger partial charge is 0.368 e. The van der Waals surface area contributed by atoms with Crippen LogP contribution in [0.25, 0.3) is 0 Å². The highest BCUT2D eigenvalue weighted by Gasteiger charge is 2.26. The van der Waals surface area contributed by atoms with E-state index in [9.17, 15) is 4.39 Å². The van der Waals surface area contributed by atoms with Crippen molar-refractivity contribution in [1.82, 2.24) is 0 Å². The van der Waals surface area contributed by atoms with Crippen LogP contribution in [0.2, 0.25) is 0 Å². The van der Waals surface area contributed by atoms with E-state index in [2.05, 4.69) is 18.7 Å². The Morgan fingerprint density at radius 2 is 1.90 bits per heavy atom. The molecular weight excluding hydrogens is 251 g/mol. The summed E-state index contributed by atoms with van der Waals surface area (Å²) in [5.41, 5.74) is 7.68. The number of anilines is 1. The van der Waals surface area contributed by atoms with Gasteiger partial charge in [-0.2, -0.15) is 0 Å². The summed E-state index contributed by atoms with van der Waals surface area (Å²) in [6.07, 6.45) is 4.98. The van der Waals surface area contributed by atoms with Crippen LogP contribution >= 0.6 is 0 Å². The van der Waals surface area contributed by atoms with Gasteiger partial charge in [0, 0.05) is 29.9 Å². The lowest BCUT2D eigenvalue weighted by Gasteiger charge is -2.35. The zero-order chi connectivity index (χ0) is 14.7. The molecule has 0 radical (unpaired) electrons. The molecule has 1 atom stereocenters. The van der Waals surface area contributed by atoms with Gasteiger partial charge in [0.1, 0.15) is 5.82 Å². The van der Waals surface area contributed by atoms with E-state index in [0.29, 0.717) is 17.5 Å². The highest BCUT2D eigenvalue weighted by molar-refractivity contribution is 5.56. The van der Waals surface area contributed by atoms with Gasteiger partial charge in [0.05, 0.1) is 0 Å². The van der Waals surface area contributed by atoms with Crippen LogP contribution in [0.3, 0.4) is 0 Å². The summed E-state index contributed by atoms with van der Waals surface area (Å²) in [5, 5.41) is 0. The molecular formula is C17H27FN2. The van der Waals surface area contributed by atoms with Gasteiger partial charge in [-0.05, 0) is 37.8 Å². The summed E-state index contributed by atoms with van der Waals surface area (Å²) in [5.74, 6) is 0.379. The van der Waals surface area contributed by atoms with Crippen molar-refractivity contribution in [3.63, 3.8) is 0 Å². The Bertz CT molecular complexity index is 437. The van der Waals surface area contributed by atoms with Crippen LogP contribution in [-0.2, 0) is 0 Å². The van der Waals surface area contributed by atoms with Crippen molar-refractivity contribution in [2.24, 2.45) is 11.7 Å². The number of hydrogen-bond acceptors (Lipinski definition) is 2. The average Bonchev–Trinajstić information content (AvgIpc) is 2.88. The lowest BCUT2D eigenvalue weighted by molar-refractivity contribution is 0.527. The third-order valence-corrected chi connectivity index (χ3v) is 4.12. The Morgan fingerprint density at radius 3 is 2.45 bits per heavy atom. The van der Waals surface area contributed by atoms with Crippen molar-refractivity contribution in [3.8, 4) is 0 Å². The molecule has 20 heavy (non-hydrogen) atoms. The second-order valence-electron chi connectivity index (χ2n) is 6.45. The third kappa shape index (κ3) is 3.32. The maximum absolute atomic E-state index is 14.2. The van der Waals surface area contributed by atoms with Crippen LogP contribution in [0.15, 0.2) is 18.2 Å².